The van der Waals surface area contributed by atoms with E-state index in [2.05, 4.69) is 29.6 Å². The second-order valence-corrected chi connectivity index (χ2v) is 7.14. The SMILES string of the molecule is Cc1ccc(O[C@@H](C)C(=O)N[C@@H](C)c2ccc3c(c2)CCC3)c(C)c1. The molecule has 1 N–H and O–H groups in total. The minimum atomic E-state index is -0.529. The number of carbonyl (C=O) groups is 1. The van der Waals surface area contributed by atoms with E-state index in [1.54, 1.807) is 6.92 Å². The minimum absolute atomic E-state index is 0.0245. The van der Waals surface area contributed by atoms with Crippen molar-refractivity contribution in [3.05, 3.63) is 64.2 Å². The topological polar surface area (TPSA) is 38.3 Å². The number of rotatable bonds is 5. The van der Waals surface area contributed by atoms with Gasteiger partial charge in [-0.2, -0.15) is 0 Å². The fraction of sp³-hybridized carbons (Fsp3) is 0.409. The van der Waals surface area contributed by atoms with Crippen molar-refractivity contribution in [1.82, 2.24) is 5.32 Å². The quantitative estimate of drug-likeness (QED) is 0.876. The zero-order chi connectivity index (χ0) is 18.0. The van der Waals surface area contributed by atoms with Gasteiger partial charge >= 0.3 is 0 Å². The summed E-state index contributed by atoms with van der Waals surface area (Å²) >= 11 is 0. The van der Waals surface area contributed by atoms with E-state index < -0.39 is 6.10 Å². The monoisotopic (exact) mass is 337 g/mol. The first kappa shape index (κ1) is 17.5. The Labute approximate surface area is 150 Å². The van der Waals surface area contributed by atoms with Gasteiger partial charge in [0.25, 0.3) is 5.91 Å². The fourth-order valence-electron chi connectivity index (χ4n) is 3.45. The van der Waals surface area contributed by atoms with Crippen LogP contribution < -0.4 is 10.1 Å². The summed E-state index contributed by atoms with van der Waals surface area (Å²) < 4.78 is 5.86. The summed E-state index contributed by atoms with van der Waals surface area (Å²) in [7, 11) is 0. The van der Waals surface area contributed by atoms with Gasteiger partial charge in [0.15, 0.2) is 6.10 Å². The lowest BCUT2D eigenvalue weighted by atomic mass is 10.0. The molecule has 0 aromatic heterocycles. The van der Waals surface area contributed by atoms with Crippen molar-refractivity contribution < 1.29 is 9.53 Å². The van der Waals surface area contributed by atoms with Crippen LogP contribution in [-0.4, -0.2) is 12.0 Å². The van der Waals surface area contributed by atoms with Crippen LogP contribution in [0.15, 0.2) is 36.4 Å². The van der Waals surface area contributed by atoms with Crippen molar-refractivity contribution >= 4 is 5.91 Å². The number of carbonyl (C=O) groups excluding carboxylic acids is 1. The van der Waals surface area contributed by atoms with Gasteiger partial charge in [-0.15, -0.1) is 0 Å². The summed E-state index contributed by atoms with van der Waals surface area (Å²) in [6.45, 7) is 7.87. The number of benzene rings is 2. The molecular weight excluding hydrogens is 310 g/mol. The maximum absolute atomic E-state index is 12.5. The van der Waals surface area contributed by atoms with Crippen molar-refractivity contribution in [2.24, 2.45) is 0 Å². The van der Waals surface area contributed by atoms with Crippen LogP contribution in [0.2, 0.25) is 0 Å². The average Bonchev–Trinajstić information content (AvgIpc) is 3.04. The lowest BCUT2D eigenvalue weighted by Crippen LogP contribution is -2.37. The molecule has 2 atom stereocenters. The van der Waals surface area contributed by atoms with Crippen LogP contribution in [0.25, 0.3) is 0 Å². The molecule has 0 heterocycles. The second kappa shape index (κ2) is 7.30. The van der Waals surface area contributed by atoms with Crippen LogP contribution in [0.5, 0.6) is 5.75 Å². The lowest BCUT2D eigenvalue weighted by molar-refractivity contribution is -0.127. The van der Waals surface area contributed by atoms with Crippen LogP contribution in [0.1, 0.15) is 54.1 Å². The Morgan fingerprint density at radius 2 is 1.80 bits per heavy atom. The third-order valence-electron chi connectivity index (χ3n) is 4.98. The van der Waals surface area contributed by atoms with Crippen LogP contribution in [-0.2, 0) is 17.6 Å². The van der Waals surface area contributed by atoms with E-state index in [4.69, 9.17) is 4.74 Å². The van der Waals surface area contributed by atoms with Gasteiger partial charge in [0.2, 0.25) is 0 Å². The molecule has 0 aliphatic heterocycles. The normalized spacial score (nSPS) is 15.4. The van der Waals surface area contributed by atoms with Gasteiger partial charge in [0.1, 0.15) is 5.75 Å². The molecule has 2 aromatic rings. The molecule has 3 rings (SSSR count). The Balaban J connectivity index is 1.62. The molecule has 2 aromatic carbocycles. The van der Waals surface area contributed by atoms with E-state index in [0.717, 1.165) is 23.3 Å². The van der Waals surface area contributed by atoms with E-state index in [-0.39, 0.29) is 11.9 Å². The molecule has 3 nitrogen and oxygen atoms in total. The molecule has 3 heteroatoms. The van der Waals surface area contributed by atoms with Gasteiger partial charge in [-0.3, -0.25) is 4.79 Å². The van der Waals surface area contributed by atoms with Crippen molar-refractivity contribution in [3.63, 3.8) is 0 Å². The number of hydrogen-bond donors (Lipinski definition) is 1. The molecule has 0 unspecified atom stereocenters. The molecule has 0 bridgehead atoms. The highest BCUT2D eigenvalue weighted by molar-refractivity contribution is 5.81. The highest BCUT2D eigenvalue weighted by Gasteiger charge is 2.19. The van der Waals surface area contributed by atoms with Crippen molar-refractivity contribution in [1.29, 1.82) is 0 Å². The minimum Gasteiger partial charge on any atom is -0.481 e. The summed E-state index contributed by atoms with van der Waals surface area (Å²) in [6, 6.07) is 12.5. The zero-order valence-electron chi connectivity index (χ0n) is 15.6. The fourth-order valence-corrected chi connectivity index (χ4v) is 3.45. The number of amides is 1. The Bertz CT molecular complexity index is 782. The predicted molar refractivity (Wildman–Crippen MR) is 101 cm³/mol. The van der Waals surface area contributed by atoms with E-state index in [0.29, 0.717) is 0 Å². The molecule has 1 amide bonds. The standard InChI is InChI=1S/C22H27NO2/c1-14-8-11-21(15(2)12-14)25-17(4)22(24)23-16(3)19-10-9-18-6-5-7-20(18)13-19/h8-13,16-17H,5-7H2,1-4H3,(H,23,24)/t16-,17-/m0/s1. The van der Waals surface area contributed by atoms with E-state index in [1.807, 2.05) is 32.9 Å². The predicted octanol–water partition coefficient (Wildman–Crippen LogP) is 4.44. The van der Waals surface area contributed by atoms with E-state index in [1.165, 1.54) is 29.5 Å². The molecule has 0 spiro atoms. The van der Waals surface area contributed by atoms with Gasteiger partial charge in [-0.25, -0.2) is 0 Å². The molecule has 132 valence electrons. The van der Waals surface area contributed by atoms with Crippen LogP contribution >= 0.6 is 0 Å². The van der Waals surface area contributed by atoms with E-state index >= 15 is 0 Å². The Morgan fingerprint density at radius 1 is 1.04 bits per heavy atom. The molecule has 0 saturated heterocycles. The summed E-state index contributed by atoms with van der Waals surface area (Å²) in [5, 5.41) is 3.07. The van der Waals surface area contributed by atoms with Crippen molar-refractivity contribution in [2.75, 3.05) is 0 Å². The number of fused-ring (bicyclic) bond motifs is 1. The van der Waals surface area contributed by atoms with Gasteiger partial charge < -0.3 is 10.1 Å². The smallest absolute Gasteiger partial charge is 0.261 e. The largest absolute Gasteiger partial charge is 0.481 e. The summed E-state index contributed by atoms with van der Waals surface area (Å²) in [6.07, 6.45) is 3.03. The molecule has 0 fully saturated rings. The van der Waals surface area contributed by atoms with Crippen LogP contribution in [0.3, 0.4) is 0 Å². The lowest BCUT2D eigenvalue weighted by Gasteiger charge is -2.20. The third kappa shape index (κ3) is 4.04. The van der Waals surface area contributed by atoms with Gasteiger partial charge in [-0.05, 0) is 75.3 Å². The maximum Gasteiger partial charge on any atom is 0.261 e. The third-order valence-corrected chi connectivity index (χ3v) is 4.98. The average molecular weight is 337 g/mol. The molecule has 0 radical (unpaired) electrons. The Morgan fingerprint density at radius 3 is 2.56 bits per heavy atom. The molecule has 1 aliphatic rings. The first-order valence-corrected chi connectivity index (χ1v) is 9.10. The molecule has 1 aliphatic carbocycles. The highest BCUT2D eigenvalue weighted by atomic mass is 16.5. The maximum atomic E-state index is 12.5. The van der Waals surface area contributed by atoms with E-state index in [9.17, 15) is 4.79 Å². The number of hydrogen-bond acceptors (Lipinski definition) is 2. The Hall–Kier alpha value is -2.29. The number of ether oxygens (including phenoxy) is 1. The molecular formula is C22H27NO2. The van der Waals surface area contributed by atoms with Crippen LogP contribution in [0.4, 0.5) is 0 Å². The van der Waals surface area contributed by atoms with Gasteiger partial charge in [0.05, 0.1) is 6.04 Å². The zero-order valence-corrected chi connectivity index (χ0v) is 15.6. The number of nitrogens with one attached hydrogen (secondary N) is 1. The number of aryl methyl sites for hydroxylation is 4. The second-order valence-electron chi connectivity index (χ2n) is 7.14. The summed E-state index contributed by atoms with van der Waals surface area (Å²) in [5.74, 6) is 0.673. The van der Waals surface area contributed by atoms with Gasteiger partial charge in [-0.1, -0.05) is 35.9 Å². The van der Waals surface area contributed by atoms with Gasteiger partial charge in [0, 0.05) is 0 Å². The Kier molecular flexibility index (Phi) is 5.12. The summed E-state index contributed by atoms with van der Waals surface area (Å²) in [4.78, 5) is 12.5. The van der Waals surface area contributed by atoms with Crippen molar-refractivity contribution in [2.45, 2.75) is 59.1 Å². The summed E-state index contributed by atoms with van der Waals surface area (Å²) in [5.41, 5.74) is 6.28. The first-order chi connectivity index (χ1) is 11.9. The molecule has 25 heavy (non-hydrogen) atoms. The molecule has 0 saturated carbocycles. The highest BCUT2D eigenvalue weighted by Crippen LogP contribution is 2.25. The first-order valence-electron chi connectivity index (χ1n) is 9.10. The van der Waals surface area contributed by atoms with Crippen LogP contribution in [0, 0.1) is 13.8 Å². The van der Waals surface area contributed by atoms with Crippen molar-refractivity contribution in [3.8, 4) is 5.75 Å².